The van der Waals surface area contributed by atoms with Crippen molar-refractivity contribution in [2.75, 3.05) is 32.6 Å². The number of hydrogen-bond acceptors (Lipinski definition) is 8. The number of carbonyl (C=O) groups excluding carboxylic acids is 1. The molecule has 1 N–H and O–H groups in total. The quantitative estimate of drug-likeness (QED) is 0.600. The van der Waals surface area contributed by atoms with Gasteiger partial charge in [0.2, 0.25) is 15.9 Å². The van der Waals surface area contributed by atoms with Gasteiger partial charge in [-0.3, -0.25) is 4.79 Å². The first-order valence-electron chi connectivity index (χ1n) is 9.68. The minimum Gasteiger partial charge on any atom is -0.497 e. The van der Waals surface area contributed by atoms with Crippen LogP contribution in [0.25, 0.3) is 11.0 Å². The van der Waals surface area contributed by atoms with Crippen LogP contribution >= 0.6 is 11.7 Å². The number of sulfonamides is 1. The van der Waals surface area contributed by atoms with Gasteiger partial charge in [-0.1, -0.05) is 6.07 Å². The van der Waals surface area contributed by atoms with Crippen molar-refractivity contribution >= 4 is 44.4 Å². The molecule has 0 saturated carbocycles. The molecule has 0 unspecified atom stereocenters. The van der Waals surface area contributed by atoms with Crippen molar-refractivity contribution in [3.63, 3.8) is 0 Å². The molecule has 4 rings (SSSR count). The van der Waals surface area contributed by atoms with Gasteiger partial charge in [0.25, 0.3) is 0 Å². The highest BCUT2D eigenvalue weighted by molar-refractivity contribution is 7.89. The lowest BCUT2D eigenvalue weighted by atomic mass is 9.98. The van der Waals surface area contributed by atoms with Crippen molar-refractivity contribution in [2.45, 2.75) is 17.7 Å². The topological polar surface area (TPSA) is 111 Å². The molecule has 0 spiro atoms. The maximum absolute atomic E-state index is 13.3. The molecule has 1 aliphatic rings. The summed E-state index contributed by atoms with van der Waals surface area (Å²) in [7, 11) is -0.757. The Bertz CT molecular complexity index is 1210. The van der Waals surface area contributed by atoms with Crippen molar-refractivity contribution in [3.05, 3.63) is 36.4 Å². The fourth-order valence-corrected chi connectivity index (χ4v) is 5.93. The van der Waals surface area contributed by atoms with E-state index < -0.39 is 15.9 Å². The summed E-state index contributed by atoms with van der Waals surface area (Å²) in [5.41, 5.74) is 1.38. The SMILES string of the molecule is COc1ccc(OC)c(NC(=O)[C@@H]2CCCN(S(=O)(=O)c3cccc4nsnc34)C2)c1. The van der Waals surface area contributed by atoms with E-state index in [1.54, 1.807) is 30.3 Å². The fourth-order valence-electron chi connectivity index (χ4n) is 3.65. The van der Waals surface area contributed by atoms with Crippen LogP contribution < -0.4 is 14.8 Å². The zero-order chi connectivity index (χ0) is 22.0. The number of nitrogens with zero attached hydrogens (tertiary/aromatic N) is 3. The first kappa shape index (κ1) is 21.5. The van der Waals surface area contributed by atoms with Gasteiger partial charge in [0.1, 0.15) is 27.4 Å². The Morgan fingerprint density at radius 3 is 2.81 bits per heavy atom. The monoisotopic (exact) mass is 462 g/mol. The largest absolute Gasteiger partial charge is 0.497 e. The number of rotatable bonds is 6. The average molecular weight is 463 g/mol. The Balaban J connectivity index is 1.55. The van der Waals surface area contributed by atoms with Gasteiger partial charge in [0, 0.05) is 19.2 Å². The lowest BCUT2D eigenvalue weighted by molar-refractivity contribution is -0.120. The van der Waals surface area contributed by atoms with E-state index in [2.05, 4.69) is 14.1 Å². The molecule has 1 saturated heterocycles. The van der Waals surface area contributed by atoms with Gasteiger partial charge in [0.05, 0.1) is 37.6 Å². The van der Waals surface area contributed by atoms with E-state index in [0.29, 0.717) is 47.6 Å². The van der Waals surface area contributed by atoms with Crippen LogP contribution in [0.4, 0.5) is 5.69 Å². The third kappa shape index (κ3) is 4.21. The van der Waals surface area contributed by atoms with Gasteiger partial charge in [-0.15, -0.1) is 0 Å². The van der Waals surface area contributed by atoms with Crippen LogP contribution in [0.5, 0.6) is 11.5 Å². The molecule has 1 amide bonds. The number of fused-ring (bicyclic) bond motifs is 1. The van der Waals surface area contributed by atoms with E-state index in [0.717, 1.165) is 11.7 Å². The second-order valence-corrected chi connectivity index (χ2v) is 9.58. The Hall–Kier alpha value is -2.76. The molecule has 0 aliphatic carbocycles. The molecule has 2 heterocycles. The Morgan fingerprint density at radius 1 is 1.19 bits per heavy atom. The molecule has 0 bridgehead atoms. The molecule has 31 heavy (non-hydrogen) atoms. The minimum atomic E-state index is -3.81. The molecular formula is C20H22N4O5S2. The summed E-state index contributed by atoms with van der Waals surface area (Å²) in [6, 6.07) is 10.0. The molecular weight excluding hydrogens is 440 g/mol. The third-order valence-electron chi connectivity index (χ3n) is 5.29. The summed E-state index contributed by atoms with van der Waals surface area (Å²) < 4.78 is 46.8. The van der Waals surface area contributed by atoms with E-state index in [4.69, 9.17) is 9.47 Å². The summed E-state index contributed by atoms with van der Waals surface area (Å²) in [6.45, 7) is 0.441. The molecule has 11 heteroatoms. The number of nitrogens with one attached hydrogen (secondary N) is 1. The smallest absolute Gasteiger partial charge is 0.245 e. The van der Waals surface area contributed by atoms with Gasteiger partial charge >= 0.3 is 0 Å². The van der Waals surface area contributed by atoms with Gasteiger partial charge in [-0.05, 0) is 37.1 Å². The van der Waals surface area contributed by atoms with E-state index >= 15 is 0 Å². The summed E-state index contributed by atoms with van der Waals surface area (Å²) in [5.74, 6) is 0.318. The van der Waals surface area contributed by atoms with Crippen molar-refractivity contribution in [3.8, 4) is 11.5 Å². The van der Waals surface area contributed by atoms with Crippen LogP contribution in [0.15, 0.2) is 41.3 Å². The lowest BCUT2D eigenvalue weighted by Gasteiger charge is -2.31. The van der Waals surface area contributed by atoms with Crippen LogP contribution in [-0.2, 0) is 14.8 Å². The second kappa shape index (κ2) is 8.77. The number of benzene rings is 2. The molecule has 1 aliphatic heterocycles. The van der Waals surface area contributed by atoms with Crippen LogP contribution in [0, 0.1) is 5.92 Å². The van der Waals surface area contributed by atoms with Crippen molar-refractivity contribution in [1.82, 2.24) is 13.1 Å². The molecule has 1 aromatic heterocycles. The number of amides is 1. The summed E-state index contributed by atoms with van der Waals surface area (Å²) >= 11 is 0.974. The average Bonchev–Trinajstić information content (AvgIpc) is 3.28. The molecule has 3 aromatic rings. The maximum atomic E-state index is 13.3. The van der Waals surface area contributed by atoms with Gasteiger partial charge < -0.3 is 14.8 Å². The van der Waals surface area contributed by atoms with Crippen molar-refractivity contribution in [1.29, 1.82) is 0 Å². The predicted molar refractivity (Wildman–Crippen MR) is 117 cm³/mol. The van der Waals surface area contributed by atoms with E-state index in [1.165, 1.54) is 24.6 Å². The van der Waals surface area contributed by atoms with E-state index in [-0.39, 0.29) is 17.3 Å². The Labute approximate surface area is 184 Å². The number of piperidine rings is 1. The molecule has 164 valence electrons. The zero-order valence-corrected chi connectivity index (χ0v) is 18.7. The third-order valence-corrected chi connectivity index (χ3v) is 7.73. The fraction of sp³-hybridized carbons (Fsp3) is 0.350. The van der Waals surface area contributed by atoms with E-state index in [1.807, 2.05) is 0 Å². The van der Waals surface area contributed by atoms with E-state index in [9.17, 15) is 13.2 Å². The Kier molecular flexibility index (Phi) is 6.08. The predicted octanol–water partition coefficient (Wildman–Crippen LogP) is 2.75. The van der Waals surface area contributed by atoms with Gasteiger partial charge in [-0.2, -0.15) is 13.1 Å². The van der Waals surface area contributed by atoms with Crippen molar-refractivity contribution < 1.29 is 22.7 Å². The number of aromatic nitrogens is 2. The van der Waals surface area contributed by atoms with Crippen LogP contribution in [0.2, 0.25) is 0 Å². The van der Waals surface area contributed by atoms with Crippen LogP contribution in [0.1, 0.15) is 12.8 Å². The highest BCUT2D eigenvalue weighted by Crippen LogP contribution is 2.31. The second-order valence-electron chi connectivity index (χ2n) is 7.15. The normalized spacial score (nSPS) is 17.4. The highest BCUT2D eigenvalue weighted by atomic mass is 32.2. The molecule has 1 atom stereocenters. The highest BCUT2D eigenvalue weighted by Gasteiger charge is 2.35. The van der Waals surface area contributed by atoms with Crippen LogP contribution in [-0.4, -0.2) is 54.7 Å². The van der Waals surface area contributed by atoms with Gasteiger partial charge in [0.15, 0.2) is 0 Å². The van der Waals surface area contributed by atoms with Crippen LogP contribution in [0.3, 0.4) is 0 Å². The van der Waals surface area contributed by atoms with Gasteiger partial charge in [-0.25, -0.2) is 8.42 Å². The number of anilines is 1. The van der Waals surface area contributed by atoms with Crippen molar-refractivity contribution in [2.24, 2.45) is 5.92 Å². The first-order chi connectivity index (χ1) is 14.9. The number of hydrogen-bond donors (Lipinski definition) is 1. The standard InChI is InChI=1S/C20H22N4O5S2/c1-28-14-8-9-17(29-2)16(11-14)21-20(25)13-5-4-10-24(12-13)31(26,27)18-7-3-6-15-19(18)23-30-22-15/h3,6-9,11,13H,4-5,10,12H2,1-2H3,(H,21,25)/t13-/m1/s1. The molecule has 2 aromatic carbocycles. The minimum absolute atomic E-state index is 0.0917. The number of methoxy groups -OCH3 is 2. The maximum Gasteiger partial charge on any atom is 0.245 e. The zero-order valence-electron chi connectivity index (χ0n) is 17.1. The summed E-state index contributed by atoms with van der Waals surface area (Å²) in [4.78, 5) is 13.1. The molecule has 9 nitrogen and oxygen atoms in total. The molecule has 0 radical (unpaired) electrons. The summed E-state index contributed by atoms with van der Waals surface area (Å²) in [6.07, 6.45) is 1.17. The number of carbonyl (C=O) groups is 1. The summed E-state index contributed by atoms with van der Waals surface area (Å²) in [5, 5.41) is 2.86. The lowest BCUT2D eigenvalue weighted by Crippen LogP contribution is -2.43. The number of ether oxygens (including phenoxy) is 2. The first-order valence-corrected chi connectivity index (χ1v) is 11.9. The Morgan fingerprint density at radius 2 is 2.03 bits per heavy atom. The molecule has 1 fully saturated rings.